The van der Waals surface area contributed by atoms with E-state index in [0.717, 1.165) is 84.8 Å². The molecule has 0 saturated heterocycles. The smallest absolute Gasteiger partial charge is 0.131 e. The average Bonchev–Trinajstić information content (AvgIpc) is 2.86. The van der Waals surface area contributed by atoms with Crippen LogP contribution in [0.5, 0.6) is 11.5 Å². The summed E-state index contributed by atoms with van der Waals surface area (Å²) in [5, 5.41) is 23.0. The quantitative estimate of drug-likeness (QED) is 0.207. The molecule has 0 saturated carbocycles. The van der Waals surface area contributed by atoms with Gasteiger partial charge in [-0.1, -0.05) is 102 Å². The number of aliphatic hydroxyl groups excluding tert-OH is 2. The third-order valence-electron chi connectivity index (χ3n) is 6.76. The van der Waals surface area contributed by atoms with Gasteiger partial charge in [-0.05, 0) is 25.7 Å². The van der Waals surface area contributed by atoms with Gasteiger partial charge in [0, 0.05) is 21.9 Å². The molecular formula is C30H44O4. The van der Waals surface area contributed by atoms with Crippen molar-refractivity contribution in [3.8, 4) is 11.5 Å². The molecular weight excluding hydrogens is 424 g/mol. The normalized spacial score (nSPS) is 14.7. The van der Waals surface area contributed by atoms with Crippen molar-refractivity contribution in [2.45, 2.75) is 103 Å². The van der Waals surface area contributed by atoms with Crippen LogP contribution in [0, 0.1) is 0 Å². The van der Waals surface area contributed by atoms with Gasteiger partial charge in [-0.15, -0.1) is 0 Å². The number of hydrogen-bond donors (Lipinski definition) is 2. The molecule has 0 fully saturated rings. The second-order valence-electron chi connectivity index (χ2n) is 9.67. The Morgan fingerprint density at radius 1 is 0.676 bits per heavy atom. The van der Waals surface area contributed by atoms with Crippen molar-refractivity contribution < 1.29 is 19.7 Å². The predicted molar refractivity (Wildman–Crippen MR) is 141 cm³/mol. The number of unbranched alkanes of at least 4 members (excludes halogenated alkanes) is 6. The van der Waals surface area contributed by atoms with E-state index in [4.69, 9.17) is 9.47 Å². The fourth-order valence-corrected chi connectivity index (χ4v) is 4.78. The van der Waals surface area contributed by atoms with Crippen LogP contribution in [0.25, 0.3) is 10.8 Å². The summed E-state index contributed by atoms with van der Waals surface area (Å²) in [5.74, 6) is 1.74. The molecule has 2 unspecified atom stereocenters. The Kier molecular flexibility index (Phi) is 11.2. The number of benzene rings is 2. The lowest BCUT2D eigenvalue weighted by molar-refractivity contribution is 0.0960. The minimum Gasteiger partial charge on any atom is -0.490 e. The van der Waals surface area contributed by atoms with Crippen LogP contribution < -0.4 is 9.47 Å². The van der Waals surface area contributed by atoms with Crippen molar-refractivity contribution in [1.82, 2.24) is 0 Å². The third-order valence-corrected chi connectivity index (χ3v) is 6.76. The maximum Gasteiger partial charge on any atom is 0.131 e. The molecule has 188 valence electrons. The molecule has 0 bridgehead atoms. The Morgan fingerprint density at radius 3 is 1.53 bits per heavy atom. The monoisotopic (exact) mass is 468 g/mol. The second kappa shape index (κ2) is 14.4. The standard InChI is InChI=1S/C30H44O4/c1-3-5-7-9-15-23(31)21-33-29-25-17-11-13-19-27(25)30(28-20-14-12-18-26(28)29)34-22-24(32)16-10-8-6-4-2/h11-14,17,19,23-24,31-32H,3-10,15-16,18,20-22H2,1-2H3. The van der Waals surface area contributed by atoms with Gasteiger partial charge in [-0.3, -0.25) is 0 Å². The summed E-state index contributed by atoms with van der Waals surface area (Å²) in [7, 11) is 0. The predicted octanol–water partition coefficient (Wildman–Crippen LogP) is 6.91. The third kappa shape index (κ3) is 7.48. The lowest BCUT2D eigenvalue weighted by Gasteiger charge is -2.25. The molecule has 0 radical (unpaired) electrons. The van der Waals surface area contributed by atoms with E-state index in [-0.39, 0.29) is 0 Å². The van der Waals surface area contributed by atoms with Crippen molar-refractivity contribution in [2.75, 3.05) is 13.2 Å². The van der Waals surface area contributed by atoms with E-state index in [1.807, 2.05) is 12.1 Å². The largest absolute Gasteiger partial charge is 0.490 e. The van der Waals surface area contributed by atoms with Crippen LogP contribution in [0.4, 0.5) is 0 Å². The van der Waals surface area contributed by atoms with Crippen molar-refractivity contribution >= 4 is 10.8 Å². The summed E-state index contributed by atoms with van der Waals surface area (Å²) in [5.41, 5.74) is 2.29. The van der Waals surface area contributed by atoms with Crippen LogP contribution in [-0.4, -0.2) is 35.6 Å². The van der Waals surface area contributed by atoms with Gasteiger partial charge in [-0.25, -0.2) is 0 Å². The Balaban J connectivity index is 1.76. The highest BCUT2D eigenvalue weighted by Gasteiger charge is 2.23. The zero-order valence-corrected chi connectivity index (χ0v) is 21.2. The van der Waals surface area contributed by atoms with Gasteiger partial charge in [0.15, 0.2) is 0 Å². The van der Waals surface area contributed by atoms with Crippen LogP contribution in [0.15, 0.2) is 36.4 Å². The summed E-state index contributed by atoms with van der Waals surface area (Å²) in [6.45, 7) is 5.01. The van der Waals surface area contributed by atoms with Crippen LogP contribution in [-0.2, 0) is 12.8 Å². The number of aliphatic hydroxyl groups is 2. The van der Waals surface area contributed by atoms with Crippen LogP contribution in [0.3, 0.4) is 0 Å². The SMILES string of the molecule is CCCCCCC(O)COc1c2c(c(OCC(O)CCCCCC)c3ccccc13)CC=CC2. The van der Waals surface area contributed by atoms with Crippen LogP contribution >= 0.6 is 0 Å². The van der Waals surface area contributed by atoms with Gasteiger partial charge in [0.05, 0.1) is 12.2 Å². The van der Waals surface area contributed by atoms with Gasteiger partial charge in [0.2, 0.25) is 0 Å². The first-order valence-corrected chi connectivity index (χ1v) is 13.5. The first-order valence-electron chi connectivity index (χ1n) is 13.5. The summed E-state index contributed by atoms with van der Waals surface area (Å²) >= 11 is 0. The Morgan fingerprint density at radius 2 is 1.12 bits per heavy atom. The van der Waals surface area contributed by atoms with Crippen molar-refractivity contribution in [2.24, 2.45) is 0 Å². The van der Waals surface area contributed by atoms with Gasteiger partial charge in [-0.2, -0.15) is 0 Å². The lowest BCUT2D eigenvalue weighted by atomic mass is 9.90. The Hall–Kier alpha value is -2.04. The van der Waals surface area contributed by atoms with Crippen LogP contribution in [0.1, 0.15) is 89.2 Å². The number of rotatable bonds is 16. The molecule has 0 heterocycles. The molecule has 0 amide bonds. The molecule has 34 heavy (non-hydrogen) atoms. The van der Waals surface area contributed by atoms with E-state index in [9.17, 15) is 10.2 Å². The van der Waals surface area contributed by atoms with Gasteiger partial charge in [0.25, 0.3) is 0 Å². The van der Waals surface area contributed by atoms with Crippen LogP contribution in [0.2, 0.25) is 0 Å². The van der Waals surface area contributed by atoms with Gasteiger partial charge >= 0.3 is 0 Å². The fourth-order valence-electron chi connectivity index (χ4n) is 4.78. The molecule has 4 heteroatoms. The topological polar surface area (TPSA) is 58.9 Å². The van der Waals surface area contributed by atoms with Gasteiger partial charge < -0.3 is 19.7 Å². The molecule has 1 aliphatic carbocycles. The molecule has 2 aromatic carbocycles. The molecule has 3 rings (SSSR count). The average molecular weight is 469 g/mol. The molecule has 2 aromatic rings. The van der Waals surface area contributed by atoms with E-state index in [2.05, 4.69) is 38.1 Å². The second-order valence-corrected chi connectivity index (χ2v) is 9.67. The molecule has 4 nitrogen and oxygen atoms in total. The minimum absolute atomic E-state index is 0.308. The number of hydrogen-bond acceptors (Lipinski definition) is 4. The number of fused-ring (bicyclic) bond motifs is 2. The molecule has 0 aliphatic heterocycles. The molecule has 0 aromatic heterocycles. The molecule has 2 atom stereocenters. The van der Waals surface area contributed by atoms with Gasteiger partial charge in [0.1, 0.15) is 24.7 Å². The maximum absolute atomic E-state index is 10.5. The van der Waals surface area contributed by atoms with E-state index in [0.29, 0.717) is 13.2 Å². The van der Waals surface area contributed by atoms with E-state index < -0.39 is 12.2 Å². The van der Waals surface area contributed by atoms with E-state index in [1.54, 1.807) is 0 Å². The highest BCUT2D eigenvalue weighted by molar-refractivity contribution is 5.96. The molecule has 0 spiro atoms. The highest BCUT2D eigenvalue weighted by Crippen LogP contribution is 2.43. The first kappa shape index (κ1) is 26.6. The Bertz CT molecular complexity index is 832. The molecule has 2 N–H and O–H groups in total. The molecule has 1 aliphatic rings. The lowest BCUT2D eigenvalue weighted by Crippen LogP contribution is -2.20. The fraction of sp³-hybridized carbons (Fsp3) is 0.600. The summed E-state index contributed by atoms with van der Waals surface area (Å²) in [4.78, 5) is 0. The summed E-state index contributed by atoms with van der Waals surface area (Å²) in [6.07, 6.45) is 15.8. The number of allylic oxidation sites excluding steroid dienone is 2. The first-order chi connectivity index (χ1) is 16.7. The zero-order chi connectivity index (χ0) is 24.2. The van der Waals surface area contributed by atoms with Crippen molar-refractivity contribution in [1.29, 1.82) is 0 Å². The summed E-state index contributed by atoms with van der Waals surface area (Å²) in [6, 6.07) is 8.19. The summed E-state index contributed by atoms with van der Waals surface area (Å²) < 4.78 is 12.6. The van der Waals surface area contributed by atoms with E-state index >= 15 is 0 Å². The highest BCUT2D eigenvalue weighted by atomic mass is 16.5. The zero-order valence-electron chi connectivity index (χ0n) is 21.2. The van der Waals surface area contributed by atoms with Crippen molar-refractivity contribution in [3.63, 3.8) is 0 Å². The Labute approximate surface area is 206 Å². The number of ether oxygens (including phenoxy) is 2. The van der Waals surface area contributed by atoms with E-state index in [1.165, 1.54) is 25.7 Å². The van der Waals surface area contributed by atoms with Crippen molar-refractivity contribution in [3.05, 3.63) is 47.5 Å². The minimum atomic E-state index is -0.454. The maximum atomic E-state index is 10.5.